The zero-order valence-electron chi connectivity index (χ0n) is 52.0. The number of carbonyl (C=O) groups is 3. The molecule has 0 aromatic rings. The molecule has 0 aromatic heterocycles. The zero-order chi connectivity index (χ0) is 55.4. The summed E-state index contributed by atoms with van der Waals surface area (Å²) in [5.74, 6) is 0.465. The van der Waals surface area contributed by atoms with Crippen LogP contribution in [0.5, 0.6) is 0 Å². The third-order valence-corrected chi connectivity index (χ3v) is 27.4. The van der Waals surface area contributed by atoms with E-state index >= 15 is 0 Å². The first kappa shape index (κ1) is 64.6. The summed E-state index contributed by atoms with van der Waals surface area (Å²) in [4.78, 5) is 41.3. The van der Waals surface area contributed by atoms with Crippen molar-refractivity contribution >= 4 is 26.1 Å². The van der Waals surface area contributed by atoms with Crippen molar-refractivity contribution in [3.63, 3.8) is 0 Å². The van der Waals surface area contributed by atoms with Crippen LogP contribution in [0.2, 0.25) is 0 Å². The molecule has 0 aromatic carbocycles. The Balaban J connectivity index is 0.000000265. The maximum Gasteiger partial charge on any atom is 1.00 e. The van der Waals surface area contributed by atoms with Crippen LogP contribution in [0, 0.1) is 112 Å². The summed E-state index contributed by atoms with van der Waals surface area (Å²) in [6, 6.07) is 0. The fraction of sp³-hybridized carbons (Fsp3) is 0.952. The van der Waals surface area contributed by atoms with E-state index in [-0.39, 0.29) is 147 Å². The number of ketones is 1. The van der Waals surface area contributed by atoms with E-state index in [9.17, 15) is 39.9 Å². The molecule has 76 heavy (non-hydrogen) atoms. The van der Waals surface area contributed by atoms with Gasteiger partial charge in [-0.1, -0.05) is 96.9 Å². The summed E-state index contributed by atoms with van der Waals surface area (Å²) in [6.45, 7) is 32.2. The monoisotopic (exact) mass is 1070 g/mol. The first-order valence-electron chi connectivity index (χ1n) is 29.6. The first-order valence-corrected chi connectivity index (χ1v) is 29.6. The number of Topliss-reactive ketones (excluding diaryl/α,β-unsaturated/α-hetero) is 1. The van der Waals surface area contributed by atoms with Crippen molar-refractivity contribution in [3.05, 3.63) is 0 Å². The van der Waals surface area contributed by atoms with E-state index in [1.54, 1.807) is 0 Å². The minimum Gasteiger partial charge on any atom is -1.00 e. The number of methoxy groups -OCH3 is 2. The summed E-state index contributed by atoms with van der Waals surface area (Å²) in [5.41, 5.74) is -2.94. The van der Waals surface area contributed by atoms with Gasteiger partial charge >= 0.3 is 41.5 Å². The van der Waals surface area contributed by atoms with Crippen LogP contribution in [-0.4, -0.2) is 109 Å². The molecule has 21 atom stereocenters. The fourth-order valence-corrected chi connectivity index (χ4v) is 23.0. The van der Waals surface area contributed by atoms with Crippen LogP contribution >= 0.6 is 0 Å². The molecule has 10 aliphatic carbocycles. The predicted octanol–water partition coefficient (Wildman–Crippen LogP) is 7.24. The molecule has 10 fully saturated rings. The van der Waals surface area contributed by atoms with Crippen LogP contribution in [0.25, 0.3) is 0 Å². The molecule has 10 aliphatic rings. The van der Waals surface area contributed by atoms with E-state index in [0.717, 1.165) is 90.6 Å². The van der Waals surface area contributed by atoms with Gasteiger partial charge in [-0.25, -0.2) is 0 Å². The number of fused-ring (bicyclic) bond motifs is 14. The van der Waals surface area contributed by atoms with Gasteiger partial charge in [0.15, 0.2) is 0 Å². The molecule has 13 heteroatoms. The molecule has 0 heterocycles. The van der Waals surface area contributed by atoms with Gasteiger partial charge in [0.05, 0.1) is 55.6 Å². The minimum atomic E-state index is -0.981. The number of hydrogen-bond donors (Lipinski definition) is 6. The summed E-state index contributed by atoms with van der Waals surface area (Å²) in [5, 5.41) is 64.7. The van der Waals surface area contributed by atoms with Crippen molar-refractivity contribution in [2.75, 3.05) is 21.3 Å². The largest absolute Gasteiger partial charge is 1.00 e. The summed E-state index contributed by atoms with van der Waals surface area (Å²) < 4.78 is 10.7. The standard InChI is InChI=1S/C31H52O5.C31H50O5.CH4O.B.Na.H/c2*1-26(2)13-14-31(25(35)36-8)18(16-26)24-19(32)15-21-28(5)11-10-22(33)27(3,4)20(28)9-12-29(21,6)30(24,7)17-23(31)34;1-2;;;/h18-24,32-34H,9-17H2,1-8H3;18,20-24,33-34H,9-17H2,1-8H3;2H,1H3;;;/q;;;;+1;-1/t18-,19?,20-,21+,22-,23+,24?,28-,29+,30+,31+;18-,20-,21+,22-,23+,24?,28-,29+,30+,31+;;;;/m00..../s1. The Bertz CT molecular complexity index is 2190. The molecule has 429 valence electrons. The average molecular weight is 1070 g/mol. The normalized spacial score (nSPS) is 51.6. The third kappa shape index (κ3) is 8.62. The van der Waals surface area contributed by atoms with Gasteiger partial charge in [-0.15, -0.1) is 0 Å². The quantitative estimate of drug-likeness (QED) is 0.121. The molecular weight excluding hydrogens is 966 g/mol. The second-order valence-electron chi connectivity index (χ2n) is 31.7. The van der Waals surface area contributed by atoms with Crippen LogP contribution < -0.4 is 29.6 Å². The van der Waals surface area contributed by atoms with Crippen molar-refractivity contribution in [3.8, 4) is 0 Å². The van der Waals surface area contributed by atoms with Crippen LogP contribution in [0.3, 0.4) is 0 Å². The van der Waals surface area contributed by atoms with E-state index in [4.69, 9.17) is 14.6 Å². The molecule has 3 radical (unpaired) electrons. The molecule has 10 saturated carbocycles. The molecule has 0 saturated heterocycles. The Labute approximate surface area is 485 Å². The molecule has 0 spiro atoms. The number of aliphatic hydroxyl groups is 6. The van der Waals surface area contributed by atoms with Crippen molar-refractivity contribution < 1.29 is 85.5 Å². The van der Waals surface area contributed by atoms with Crippen molar-refractivity contribution in [1.29, 1.82) is 0 Å². The van der Waals surface area contributed by atoms with Crippen LogP contribution in [-0.2, 0) is 23.9 Å². The van der Waals surface area contributed by atoms with E-state index in [2.05, 4.69) is 96.9 Å². The summed E-state index contributed by atoms with van der Waals surface area (Å²) in [6.07, 6.45) is 11.9. The van der Waals surface area contributed by atoms with E-state index < -0.39 is 29.1 Å². The van der Waals surface area contributed by atoms with E-state index in [0.29, 0.717) is 55.6 Å². The van der Waals surface area contributed by atoms with Gasteiger partial charge in [0.25, 0.3) is 0 Å². The fourth-order valence-electron chi connectivity index (χ4n) is 23.0. The molecule has 11 nitrogen and oxygen atoms in total. The molecule has 6 N–H and O–H groups in total. The first-order chi connectivity index (χ1) is 34.0. The van der Waals surface area contributed by atoms with Gasteiger partial charge in [0.2, 0.25) is 0 Å². The van der Waals surface area contributed by atoms with Gasteiger partial charge < -0.3 is 41.5 Å². The van der Waals surface area contributed by atoms with Crippen LogP contribution in [0.15, 0.2) is 0 Å². The predicted molar refractivity (Wildman–Crippen MR) is 294 cm³/mol. The minimum absolute atomic E-state index is 0. The topological polar surface area (TPSA) is 191 Å². The Kier molecular flexibility index (Phi) is 17.5. The Morgan fingerprint density at radius 2 is 0.882 bits per heavy atom. The third-order valence-electron chi connectivity index (χ3n) is 27.4. The molecule has 0 amide bonds. The van der Waals surface area contributed by atoms with Crippen molar-refractivity contribution in [1.82, 2.24) is 0 Å². The van der Waals surface area contributed by atoms with Gasteiger partial charge in [0.1, 0.15) is 5.78 Å². The number of aliphatic hydroxyl groups excluding tert-OH is 6. The van der Waals surface area contributed by atoms with E-state index in [1.807, 2.05) is 0 Å². The molecule has 10 rings (SSSR count). The maximum absolute atomic E-state index is 14.4. The molecular formula is C63H107BNaO11. The van der Waals surface area contributed by atoms with Gasteiger partial charge in [-0.3, -0.25) is 14.4 Å². The average Bonchev–Trinajstić information content (AvgIpc) is 3.30. The number of carbonyl (C=O) groups excluding carboxylic acids is 3. The zero-order valence-corrected chi connectivity index (χ0v) is 53.0. The Morgan fingerprint density at radius 1 is 0.487 bits per heavy atom. The van der Waals surface area contributed by atoms with E-state index in [1.165, 1.54) is 14.2 Å². The number of ether oxygens (including phenoxy) is 2. The second kappa shape index (κ2) is 20.6. The van der Waals surface area contributed by atoms with Crippen LogP contribution in [0.1, 0.15) is 214 Å². The number of hydrogen-bond acceptors (Lipinski definition) is 11. The van der Waals surface area contributed by atoms with Gasteiger partial charge in [-0.2, -0.15) is 0 Å². The summed E-state index contributed by atoms with van der Waals surface area (Å²) >= 11 is 0. The van der Waals surface area contributed by atoms with Crippen molar-refractivity contribution in [2.45, 2.75) is 243 Å². The van der Waals surface area contributed by atoms with Crippen LogP contribution in [0.4, 0.5) is 0 Å². The SMILES string of the molecule is CO.COC(=O)[C@]12CCC(C)(C)C[C@H]1C1C(=O)C[C@@H]3[C@@]4(C)CC[C@H](O)C(C)(C)[C@@H]4CC[C@@]3(C)[C@]1(C)C[C@H]2O.COC(=O)[C@]12CCC(C)(C)C[C@H]1C1C(O)C[C@@H]3[C@@]4(C)CC[C@H](O)C(C)(C)[C@@H]4CC[C@@]3(C)[C@]1(C)C[C@H]2O.[B].[H-].[Na+]. The molecule has 0 aliphatic heterocycles. The maximum atomic E-state index is 14.4. The molecule has 0 bridgehead atoms. The number of esters is 2. The van der Waals surface area contributed by atoms with Crippen molar-refractivity contribution in [2.24, 2.45) is 112 Å². The Hall–Kier alpha value is -0.565. The van der Waals surface area contributed by atoms with Gasteiger partial charge in [0, 0.05) is 27.9 Å². The second-order valence-corrected chi connectivity index (χ2v) is 31.7. The number of rotatable bonds is 2. The van der Waals surface area contributed by atoms with Gasteiger partial charge in [-0.05, 0) is 205 Å². The summed E-state index contributed by atoms with van der Waals surface area (Å²) in [7, 11) is 3.88. The Morgan fingerprint density at radius 3 is 1.33 bits per heavy atom. The smallest absolute Gasteiger partial charge is 1.00 e. The molecule has 3 unspecified atom stereocenters.